The van der Waals surface area contributed by atoms with E-state index in [1.54, 1.807) is 18.1 Å². The second-order valence-corrected chi connectivity index (χ2v) is 13.3. The maximum atomic E-state index is 13.9. The molecule has 1 aromatic heterocycles. The summed E-state index contributed by atoms with van der Waals surface area (Å²) in [4.78, 5) is 21.4. The van der Waals surface area contributed by atoms with Gasteiger partial charge in [-0.05, 0) is 72.4 Å². The van der Waals surface area contributed by atoms with Crippen molar-refractivity contribution in [1.82, 2.24) is 9.88 Å². The average molecular weight is 606 g/mol. The summed E-state index contributed by atoms with van der Waals surface area (Å²) in [5.74, 6) is 4.30. The summed E-state index contributed by atoms with van der Waals surface area (Å²) in [6, 6.07) is 15.1. The number of fused-ring (bicyclic) bond motifs is 4. The zero-order valence-corrected chi connectivity index (χ0v) is 25.4. The highest BCUT2D eigenvalue weighted by atomic mass is 35.5. The maximum Gasteiger partial charge on any atom is 0.274 e. The number of alkyl halides is 1. The Balaban J connectivity index is 1.09. The smallest absolute Gasteiger partial charge is 0.274 e. The van der Waals surface area contributed by atoms with Crippen LogP contribution in [0.15, 0.2) is 48.5 Å². The standard InChI is InChI=1S/C33H36ClN3O4S/c1-40-29-16-25-21(15-30(29)41-12-11-36-9-6-33(7-10-36)8-13-42-20-33)14-26(35-25)32(39)37-19-22(18-34)31-24-5-3-2-4-23(24)28(38)17-27(31)37/h2-5,14-17,22,35,38H,6-13,18-20H2,1H3. The minimum atomic E-state index is -0.167. The zero-order chi connectivity index (χ0) is 28.8. The normalized spacial score (nSPS) is 20.0. The Hall–Kier alpha value is -3.07. The van der Waals surface area contributed by atoms with Gasteiger partial charge in [-0.3, -0.25) is 9.69 Å². The number of hydrogen-bond donors (Lipinski definition) is 2. The molecule has 0 radical (unpaired) electrons. The lowest BCUT2D eigenvalue weighted by molar-refractivity contribution is 0.0984. The minimum absolute atomic E-state index is 0.0249. The highest BCUT2D eigenvalue weighted by Crippen LogP contribution is 2.46. The summed E-state index contributed by atoms with van der Waals surface area (Å²) < 4.78 is 11.9. The zero-order valence-electron chi connectivity index (χ0n) is 23.8. The van der Waals surface area contributed by atoms with Crippen molar-refractivity contribution in [2.24, 2.45) is 5.41 Å². The van der Waals surface area contributed by atoms with E-state index < -0.39 is 0 Å². The Kier molecular flexibility index (Phi) is 7.41. The number of phenolic OH excluding ortho intramolecular Hbond substituents is 1. The Morgan fingerprint density at radius 2 is 1.93 bits per heavy atom. The molecule has 2 fully saturated rings. The van der Waals surface area contributed by atoms with Gasteiger partial charge in [-0.15, -0.1) is 11.6 Å². The van der Waals surface area contributed by atoms with E-state index in [1.807, 2.05) is 42.5 Å². The topological polar surface area (TPSA) is 78.0 Å². The van der Waals surface area contributed by atoms with Gasteiger partial charge in [0.25, 0.3) is 5.91 Å². The number of piperidine rings is 1. The number of phenols is 1. The second-order valence-electron chi connectivity index (χ2n) is 11.9. The Morgan fingerprint density at radius 3 is 2.67 bits per heavy atom. The average Bonchev–Trinajstić information content (AvgIpc) is 3.74. The number of carbonyl (C=O) groups excluding carboxylic acids is 1. The van der Waals surface area contributed by atoms with Crippen molar-refractivity contribution in [3.05, 3.63) is 59.8 Å². The molecule has 9 heteroatoms. The number of halogens is 1. The molecule has 0 aliphatic carbocycles. The lowest BCUT2D eigenvalue weighted by atomic mass is 9.78. The van der Waals surface area contributed by atoms with Crippen molar-refractivity contribution < 1.29 is 19.4 Å². The summed E-state index contributed by atoms with van der Waals surface area (Å²) >= 11 is 8.50. The first-order valence-corrected chi connectivity index (χ1v) is 16.4. The molecule has 2 saturated heterocycles. The number of ether oxygens (including phenoxy) is 2. The fourth-order valence-corrected chi connectivity index (χ4v) is 8.84. The largest absolute Gasteiger partial charge is 0.507 e. The van der Waals surface area contributed by atoms with Crippen LogP contribution in [0.4, 0.5) is 5.69 Å². The minimum Gasteiger partial charge on any atom is -0.507 e. The third-order valence-electron chi connectivity index (χ3n) is 9.48. The van der Waals surface area contributed by atoms with Crippen molar-refractivity contribution in [1.29, 1.82) is 0 Å². The predicted octanol–water partition coefficient (Wildman–Crippen LogP) is 6.62. The molecule has 2 N–H and O–H groups in total. The SMILES string of the molecule is COc1cc2[nH]c(C(=O)N3CC(CCl)c4c3cc(O)c3ccccc43)cc2cc1OCCN1CCC2(CCSC2)CC1. The van der Waals surface area contributed by atoms with Crippen molar-refractivity contribution in [3.8, 4) is 17.2 Å². The van der Waals surface area contributed by atoms with E-state index in [2.05, 4.69) is 21.6 Å². The van der Waals surface area contributed by atoms with Crippen LogP contribution in [-0.4, -0.2) is 78.2 Å². The van der Waals surface area contributed by atoms with Crippen molar-refractivity contribution in [2.75, 3.05) is 62.2 Å². The molecule has 1 spiro atoms. The fraction of sp³-hybridized carbons (Fsp3) is 0.424. The van der Waals surface area contributed by atoms with Crippen LogP contribution in [-0.2, 0) is 0 Å². The number of nitrogens with one attached hydrogen (secondary N) is 1. The summed E-state index contributed by atoms with van der Waals surface area (Å²) in [5.41, 5.74) is 3.55. The molecule has 42 heavy (non-hydrogen) atoms. The highest BCUT2D eigenvalue weighted by Gasteiger charge is 2.38. The number of benzene rings is 3. The number of hydrogen-bond acceptors (Lipinski definition) is 6. The Bertz CT molecular complexity index is 1640. The summed E-state index contributed by atoms with van der Waals surface area (Å²) in [6.45, 7) is 4.21. The highest BCUT2D eigenvalue weighted by molar-refractivity contribution is 7.99. The van der Waals surface area contributed by atoms with Crippen LogP contribution in [0, 0.1) is 5.41 Å². The molecule has 0 saturated carbocycles. The molecule has 3 aliphatic rings. The van der Waals surface area contributed by atoms with Gasteiger partial charge in [-0.1, -0.05) is 24.3 Å². The van der Waals surface area contributed by atoms with Gasteiger partial charge in [-0.2, -0.15) is 11.8 Å². The Morgan fingerprint density at radius 1 is 1.12 bits per heavy atom. The van der Waals surface area contributed by atoms with Gasteiger partial charge in [0, 0.05) is 53.3 Å². The van der Waals surface area contributed by atoms with Gasteiger partial charge in [0.15, 0.2) is 11.5 Å². The van der Waals surface area contributed by atoms with Gasteiger partial charge in [0.1, 0.15) is 18.1 Å². The number of aromatic hydroxyl groups is 1. The van der Waals surface area contributed by atoms with Crippen LogP contribution in [0.2, 0.25) is 0 Å². The van der Waals surface area contributed by atoms with E-state index in [0.29, 0.717) is 47.3 Å². The molecule has 1 atom stereocenters. The van der Waals surface area contributed by atoms with E-state index in [9.17, 15) is 9.90 Å². The van der Waals surface area contributed by atoms with Crippen LogP contribution >= 0.6 is 23.4 Å². The number of H-pyrrole nitrogens is 1. The molecule has 1 amide bonds. The van der Waals surface area contributed by atoms with Crippen LogP contribution in [0.1, 0.15) is 41.2 Å². The first-order chi connectivity index (χ1) is 20.5. The van der Waals surface area contributed by atoms with Crippen molar-refractivity contribution in [2.45, 2.75) is 25.2 Å². The molecule has 0 bridgehead atoms. The summed E-state index contributed by atoms with van der Waals surface area (Å²) in [5, 5.41) is 13.3. The molecule has 4 heterocycles. The molecule has 4 aromatic rings. The van der Waals surface area contributed by atoms with Crippen molar-refractivity contribution in [3.63, 3.8) is 0 Å². The summed E-state index contributed by atoms with van der Waals surface area (Å²) in [6.07, 6.45) is 3.95. The fourth-order valence-electron chi connectivity index (χ4n) is 7.00. The quantitative estimate of drug-likeness (QED) is 0.231. The third-order valence-corrected chi connectivity index (χ3v) is 11.2. The van der Waals surface area contributed by atoms with Crippen LogP contribution in [0.25, 0.3) is 21.7 Å². The lowest BCUT2D eigenvalue weighted by Gasteiger charge is -2.38. The summed E-state index contributed by atoms with van der Waals surface area (Å²) in [7, 11) is 1.64. The first kappa shape index (κ1) is 27.7. The molecular formula is C33H36ClN3O4S. The molecular weight excluding hydrogens is 570 g/mol. The van der Waals surface area contributed by atoms with Gasteiger partial charge in [0.05, 0.1) is 12.8 Å². The molecule has 1 unspecified atom stereocenters. The Labute approximate surface area is 255 Å². The molecule has 7 nitrogen and oxygen atoms in total. The van der Waals surface area contributed by atoms with E-state index in [0.717, 1.165) is 46.9 Å². The monoisotopic (exact) mass is 605 g/mol. The number of nitrogens with zero attached hydrogens (tertiary/aromatic N) is 2. The van der Waals surface area contributed by atoms with Gasteiger partial charge < -0.3 is 24.5 Å². The third kappa shape index (κ3) is 4.87. The first-order valence-electron chi connectivity index (χ1n) is 14.7. The van der Waals surface area contributed by atoms with E-state index in [4.69, 9.17) is 21.1 Å². The molecule has 3 aromatic carbocycles. The number of anilines is 1. The number of amides is 1. The lowest BCUT2D eigenvalue weighted by Crippen LogP contribution is -2.41. The molecule has 7 rings (SSSR count). The molecule has 3 aliphatic heterocycles. The van der Waals surface area contributed by atoms with Gasteiger partial charge >= 0.3 is 0 Å². The van der Waals surface area contributed by atoms with Gasteiger partial charge in [-0.25, -0.2) is 0 Å². The van der Waals surface area contributed by atoms with E-state index in [-0.39, 0.29) is 17.6 Å². The number of carbonyl (C=O) groups is 1. The van der Waals surface area contributed by atoms with Crippen LogP contribution < -0.4 is 14.4 Å². The maximum absolute atomic E-state index is 13.9. The molecule has 220 valence electrons. The van der Waals surface area contributed by atoms with Crippen LogP contribution in [0.3, 0.4) is 0 Å². The van der Waals surface area contributed by atoms with Gasteiger partial charge in [0.2, 0.25) is 0 Å². The number of aromatic nitrogens is 1. The van der Waals surface area contributed by atoms with Crippen molar-refractivity contribution >= 4 is 56.6 Å². The number of likely N-dealkylation sites (tertiary alicyclic amines) is 1. The number of methoxy groups -OCH3 is 1. The predicted molar refractivity (Wildman–Crippen MR) is 171 cm³/mol. The van der Waals surface area contributed by atoms with E-state index >= 15 is 0 Å². The number of aromatic amines is 1. The number of rotatable bonds is 7. The number of thioether (sulfide) groups is 1. The van der Waals surface area contributed by atoms with Crippen LogP contribution in [0.5, 0.6) is 17.2 Å². The van der Waals surface area contributed by atoms with E-state index in [1.165, 1.54) is 30.8 Å². The second kappa shape index (κ2) is 11.2.